The smallest absolute Gasteiger partial charge is 0.303 e. The van der Waals surface area contributed by atoms with Gasteiger partial charge in [0.2, 0.25) is 0 Å². The van der Waals surface area contributed by atoms with Crippen molar-refractivity contribution in [3.05, 3.63) is 0 Å². The summed E-state index contributed by atoms with van der Waals surface area (Å²) in [4.78, 5) is 22.7. The molecule has 0 amide bonds. The summed E-state index contributed by atoms with van der Waals surface area (Å²) in [5, 5.41) is 9.29. The van der Waals surface area contributed by atoms with Crippen molar-refractivity contribution in [2.45, 2.75) is 74.5 Å². The lowest BCUT2D eigenvalue weighted by atomic mass is 9.76. The highest BCUT2D eigenvalue weighted by molar-refractivity contribution is 8.19. The molecule has 0 aromatic carbocycles. The molecule has 1 aliphatic heterocycles. The van der Waals surface area contributed by atoms with E-state index in [1.807, 2.05) is 23.5 Å². The topological polar surface area (TPSA) is 54.4 Å². The van der Waals surface area contributed by atoms with Gasteiger partial charge in [0.15, 0.2) is 0 Å². The second kappa shape index (κ2) is 6.95. The molecule has 2 fully saturated rings. The number of carbonyl (C=O) groups excluding carboxylic acids is 1. The Morgan fingerprint density at radius 1 is 1.33 bits per heavy atom. The van der Waals surface area contributed by atoms with Crippen LogP contribution in [0.15, 0.2) is 0 Å². The van der Waals surface area contributed by atoms with Crippen molar-refractivity contribution in [3.8, 4) is 0 Å². The van der Waals surface area contributed by atoms with Crippen molar-refractivity contribution >= 4 is 35.3 Å². The van der Waals surface area contributed by atoms with E-state index in [9.17, 15) is 9.59 Å². The van der Waals surface area contributed by atoms with Crippen LogP contribution in [-0.2, 0) is 9.59 Å². The third-order valence-corrected chi connectivity index (χ3v) is 7.66. The van der Waals surface area contributed by atoms with Crippen molar-refractivity contribution in [1.29, 1.82) is 0 Å². The van der Waals surface area contributed by atoms with Gasteiger partial charge in [0.25, 0.3) is 0 Å². The molecule has 0 aromatic heterocycles. The van der Waals surface area contributed by atoms with E-state index >= 15 is 0 Å². The van der Waals surface area contributed by atoms with E-state index in [-0.39, 0.29) is 15.9 Å². The molecular formula is C16H26O3S2. The summed E-state index contributed by atoms with van der Waals surface area (Å²) in [7, 11) is 0. The fourth-order valence-electron chi connectivity index (χ4n) is 3.56. The van der Waals surface area contributed by atoms with Gasteiger partial charge >= 0.3 is 5.97 Å². The number of hydrogen-bond donors (Lipinski definition) is 1. The Balaban J connectivity index is 1.87. The molecule has 1 heterocycles. The Morgan fingerprint density at radius 2 is 2.10 bits per heavy atom. The van der Waals surface area contributed by atoms with E-state index in [1.54, 1.807) is 0 Å². The number of rotatable bonds is 5. The molecule has 1 spiro atoms. The first-order valence-corrected chi connectivity index (χ1v) is 9.72. The van der Waals surface area contributed by atoms with Gasteiger partial charge in [0.1, 0.15) is 5.78 Å². The number of carbonyl (C=O) groups is 2. The Morgan fingerprint density at radius 3 is 2.76 bits per heavy atom. The highest BCUT2D eigenvalue weighted by Gasteiger charge is 2.47. The van der Waals surface area contributed by atoms with E-state index in [0.29, 0.717) is 11.0 Å². The van der Waals surface area contributed by atoms with E-state index in [2.05, 4.69) is 13.8 Å². The monoisotopic (exact) mass is 330 g/mol. The highest BCUT2D eigenvalue weighted by Crippen LogP contribution is 2.57. The van der Waals surface area contributed by atoms with E-state index < -0.39 is 5.97 Å². The lowest BCUT2D eigenvalue weighted by Crippen LogP contribution is -2.41. The van der Waals surface area contributed by atoms with Crippen LogP contribution in [0.4, 0.5) is 0 Å². The molecule has 2 unspecified atom stereocenters. The predicted octanol–water partition coefficient (Wildman–Crippen LogP) is 4.35. The van der Waals surface area contributed by atoms with Gasteiger partial charge in [0.05, 0.1) is 4.08 Å². The lowest BCUT2D eigenvalue weighted by molar-refractivity contribution is -0.137. The van der Waals surface area contributed by atoms with Gasteiger partial charge in [-0.05, 0) is 36.9 Å². The van der Waals surface area contributed by atoms with Crippen molar-refractivity contribution in [2.24, 2.45) is 5.41 Å². The number of unbranched alkanes of at least 4 members (excludes halogenated alkanes) is 1. The summed E-state index contributed by atoms with van der Waals surface area (Å²) in [6, 6.07) is 0. The molecule has 1 N–H and O–H groups in total. The third-order valence-electron chi connectivity index (χ3n) is 4.24. The second-order valence-electron chi connectivity index (χ2n) is 7.16. The lowest BCUT2D eigenvalue weighted by Gasteiger charge is -2.47. The first-order chi connectivity index (χ1) is 9.80. The number of ketones is 1. The fraction of sp³-hybridized carbons (Fsp3) is 0.875. The van der Waals surface area contributed by atoms with Gasteiger partial charge in [-0.1, -0.05) is 20.3 Å². The number of aliphatic carboxylic acids is 1. The average molecular weight is 331 g/mol. The number of thioether (sulfide) groups is 2. The zero-order valence-corrected chi connectivity index (χ0v) is 14.7. The van der Waals surface area contributed by atoms with Gasteiger partial charge < -0.3 is 5.11 Å². The largest absolute Gasteiger partial charge is 0.481 e. The van der Waals surface area contributed by atoms with Crippen LogP contribution in [0.2, 0.25) is 0 Å². The fourth-order valence-corrected chi connectivity index (χ4v) is 8.02. The minimum Gasteiger partial charge on any atom is -0.481 e. The third kappa shape index (κ3) is 5.20. The summed E-state index contributed by atoms with van der Waals surface area (Å²) in [6.45, 7) is 4.42. The molecule has 0 bridgehead atoms. The van der Waals surface area contributed by atoms with E-state index in [4.69, 9.17) is 5.11 Å². The molecule has 2 rings (SSSR count). The van der Waals surface area contributed by atoms with Crippen molar-refractivity contribution < 1.29 is 14.7 Å². The second-order valence-corrected chi connectivity index (χ2v) is 10.6. The Bertz CT molecular complexity index is 408. The van der Waals surface area contributed by atoms with Crippen LogP contribution in [0.5, 0.6) is 0 Å². The van der Waals surface area contributed by atoms with E-state index in [0.717, 1.165) is 44.3 Å². The van der Waals surface area contributed by atoms with Crippen LogP contribution in [0, 0.1) is 5.41 Å². The van der Waals surface area contributed by atoms with Crippen LogP contribution < -0.4 is 0 Å². The van der Waals surface area contributed by atoms with Crippen molar-refractivity contribution in [1.82, 2.24) is 0 Å². The molecule has 120 valence electrons. The summed E-state index contributed by atoms with van der Waals surface area (Å²) in [6.07, 6.45) is 6.89. The zero-order chi connectivity index (χ0) is 15.5. The molecule has 0 radical (unpaired) electrons. The SMILES string of the molecule is CC1(C)CC(=O)CC2(C1)SCCC(CCCCC(=O)O)S2. The molecule has 5 heteroatoms. The Kier molecular flexibility index (Phi) is 5.69. The quantitative estimate of drug-likeness (QED) is 0.760. The molecule has 2 aliphatic rings. The zero-order valence-electron chi connectivity index (χ0n) is 13.0. The predicted molar refractivity (Wildman–Crippen MR) is 89.9 cm³/mol. The molecular weight excluding hydrogens is 304 g/mol. The van der Waals surface area contributed by atoms with Gasteiger partial charge in [-0.15, -0.1) is 23.5 Å². The normalized spacial score (nSPS) is 32.3. The van der Waals surface area contributed by atoms with Crippen LogP contribution in [0.25, 0.3) is 0 Å². The maximum Gasteiger partial charge on any atom is 0.303 e. The average Bonchev–Trinajstić information content (AvgIpc) is 2.31. The number of Topliss-reactive ketones (excluding diaryl/α,β-unsaturated/α-hetero) is 1. The first kappa shape index (κ1) is 17.2. The molecule has 3 nitrogen and oxygen atoms in total. The Labute approximate surface area is 136 Å². The summed E-state index contributed by atoms with van der Waals surface area (Å²) in [5.41, 5.74) is 0.126. The van der Waals surface area contributed by atoms with Gasteiger partial charge in [-0.25, -0.2) is 0 Å². The van der Waals surface area contributed by atoms with Crippen molar-refractivity contribution in [3.63, 3.8) is 0 Å². The summed E-state index contributed by atoms with van der Waals surface area (Å²) < 4.78 is 0.0918. The summed E-state index contributed by atoms with van der Waals surface area (Å²) in [5.74, 6) is 0.857. The minimum absolute atomic E-state index is 0.0918. The van der Waals surface area contributed by atoms with Gasteiger partial charge in [-0.3, -0.25) is 9.59 Å². The number of carboxylic acid groups (broad SMARTS) is 1. The Hall–Kier alpha value is -0.160. The summed E-state index contributed by atoms with van der Waals surface area (Å²) >= 11 is 4.00. The van der Waals surface area contributed by atoms with Crippen LogP contribution in [0.1, 0.15) is 65.2 Å². The molecule has 21 heavy (non-hydrogen) atoms. The van der Waals surface area contributed by atoms with Gasteiger partial charge in [-0.2, -0.15) is 0 Å². The molecule has 1 saturated carbocycles. The minimum atomic E-state index is -0.696. The van der Waals surface area contributed by atoms with E-state index in [1.165, 1.54) is 6.42 Å². The van der Waals surface area contributed by atoms with Crippen LogP contribution >= 0.6 is 23.5 Å². The highest BCUT2D eigenvalue weighted by atomic mass is 32.2. The molecule has 1 saturated heterocycles. The van der Waals surface area contributed by atoms with Crippen LogP contribution in [0.3, 0.4) is 0 Å². The van der Waals surface area contributed by atoms with Crippen LogP contribution in [-0.4, -0.2) is 31.9 Å². The number of hydrogen-bond acceptors (Lipinski definition) is 4. The molecule has 1 aliphatic carbocycles. The standard InChI is InChI=1S/C16H26O3S2/c1-15(2)9-12(17)10-16(11-15)20-8-7-13(21-16)5-3-4-6-14(18)19/h13H,3-11H2,1-2H3,(H,18,19). The van der Waals surface area contributed by atoms with Gasteiger partial charge in [0, 0.05) is 24.5 Å². The molecule has 0 aromatic rings. The number of carboxylic acids is 1. The maximum absolute atomic E-state index is 12.1. The van der Waals surface area contributed by atoms with Crippen molar-refractivity contribution in [2.75, 3.05) is 5.75 Å². The first-order valence-electron chi connectivity index (χ1n) is 7.86. The maximum atomic E-state index is 12.1. The molecule has 2 atom stereocenters.